The number of carbonyl (C=O) groups excluding carboxylic acids is 1. The Balaban J connectivity index is 1.87. The zero-order valence-corrected chi connectivity index (χ0v) is 16.8. The molecule has 2 aromatic rings. The second-order valence-electron chi connectivity index (χ2n) is 5.88. The summed E-state index contributed by atoms with van der Waals surface area (Å²) in [5.74, 6) is 0.465. The third-order valence-electron chi connectivity index (χ3n) is 4.17. The van der Waals surface area contributed by atoms with Gasteiger partial charge in [0.1, 0.15) is 9.96 Å². The lowest BCUT2D eigenvalue weighted by molar-refractivity contribution is -0.131. The molecule has 1 aromatic carbocycles. The summed E-state index contributed by atoms with van der Waals surface area (Å²) in [5, 5.41) is 0.405. The quantitative estimate of drug-likeness (QED) is 0.812. The number of hydrogen-bond donors (Lipinski definition) is 1. The maximum absolute atomic E-state index is 12.8. The van der Waals surface area contributed by atoms with Crippen LogP contribution in [0.3, 0.4) is 0 Å². The number of carbonyl (C=O) groups is 1. The zero-order valence-electron chi connectivity index (χ0n) is 14.4. The van der Waals surface area contributed by atoms with Gasteiger partial charge in [0.25, 0.3) is 10.0 Å². The van der Waals surface area contributed by atoms with Crippen molar-refractivity contribution in [2.24, 2.45) is 0 Å². The van der Waals surface area contributed by atoms with Crippen LogP contribution in [0.1, 0.15) is 23.8 Å². The van der Waals surface area contributed by atoms with Crippen molar-refractivity contribution in [1.82, 2.24) is 4.90 Å². The molecular weight excluding hydrogens is 396 g/mol. The molecule has 0 spiro atoms. The zero-order chi connectivity index (χ0) is 18.9. The molecule has 140 valence electrons. The number of sulfonamides is 1. The van der Waals surface area contributed by atoms with E-state index >= 15 is 0 Å². The molecule has 3 rings (SSSR count). The van der Waals surface area contributed by atoms with Crippen molar-refractivity contribution in [2.75, 3.05) is 18.4 Å². The van der Waals surface area contributed by atoms with Crippen molar-refractivity contribution < 1.29 is 17.9 Å². The van der Waals surface area contributed by atoms with E-state index in [0.717, 1.165) is 10.4 Å². The van der Waals surface area contributed by atoms with Gasteiger partial charge in [-0.3, -0.25) is 9.52 Å². The highest BCUT2D eigenvalue weighted by Gasteiger charge is 2.26. The first kappa shape index (κ1) is 19.0. The SMILES string of the molecule is CCC(=O)N1CCc2sc(S(=O)(=O)Nc3cc(Cl)ccc3OC)cc2C1. The van der Waals surface area contributed by atoms with Gasteiger partial charge in [-0.15, -0.1) is 11.3 Å². The number of ether oxygens (including phenoxy) is 1. The molecular formula is C17H19ClN2O4S2. The van der Waals surface area contributed by atoms with Crippen molar-refractivity contribution >= 4 is 44.6 Å². The van der Waals surface area contributed by atoms with Gasteiger partial charge in [0.15, 0.2) is 0 Å². The van der Waals surface area contributed by atoms with Crippen LogP contribution >= 0.6 is 22.9 Å². The Morgan fingerprint density at radius 1 is 1.38 bits per heavy atom. The standard InChI is InChI=1S/C17H19ClN2O4S2/c1-3-16(21)20-7-6-15-11(10-20)8-17(25-15)26(22,23)19-13-9-12(18)4-5-14(13)24-2/h4-5,8-9,19H,3,6-7,10H2,1-2H3. The summed E-state index contributed by atoms with van der Waals surface area (Å²) in [5.41, 5.74) is 1.18. The van der Waals surface area contributed by atoms with Gasteiger partial charge in [-0.05, 0) is 36.2 Å². The maximum atomic E-state index is 12.8. The van der Waals surface area contributed by atoms with E-state index in [4.69, 9.17) is 16.3 Å². The van der Waals surface area contributed by atoms with Crippen LogP contribution in [-0.2, 0) is 27.8 Å². The fourth-order valence-corrected chi connectivity index (χ4v) is 5.61. The minimum absolute atomic E-state index is 0.0769. The smallest absolute Gasteiger partial charge is 0.271 e. The molecule has 0 unspecified atom stereocenters. The van der Waals surface area contributed by atoms with Gasteiger partial charge >= 0.3 is 0 Å². The Kier molecular flexibility index (Phi) is 5.45. The van der Waals surface area contributed by atoms with Crippen LogP contribution in [-0.4, -0.2) is 32.9 Å². The van der Waals surface area contributed by atoms with E-state index in [1.165, 1.54) is 24.5 Å². The van der Waals surface area contributed by atoms with E-state index in [1.807, 2.05) is 6.92 Å². The minimum atomic E-state index is -3.77. The van der Waals surface area contributed by atoms with Crippen LogP contribution in [0.25, 0.3) is 0 Å². The number of rotatable bonds is 5. The number of benzene rings is 1. The average Bonchev–Trinajstić information content (AvgIpc) is 3.05. The topological polar surface area (TPSA) is 75.7 Å². The first-order valence-corrected chi connectivity index (χ1v) is 10.8. The molecule has 0 radical (unpaired) electrons. The summed E-state index contributed by atoms with van der Waals surface area (Å²) < 4.78 is 33.5. The minimum Gasteiger partial charge on any atom is -0.495 e. The second kappa shape index (κ2) is 7.46. The van der Waals surface area contributed by atoms with Crippen LogP contribution in [0.5, 0.6) is 5.75 Å². The molecule has 6 nitrogen and oxygen atoms in total. The molecule has 1 aliphatic rings. The van der Waals surface area contributed by atoms with Crippen molar-refractivity contribution in [1.29, 1.82) is 0 Å². The number of hydrogen-bond acceptors (Lipinski definition) is 5. The summed E-state index contributed by atoms with van der Waals surface area (Å²) in [6.45, 7) is 2.90. The molecule has 2 heterocycles. The summed E-state index contributed by atoms with van der Waals surface area (Å²) in [7, 11) is -2.31. The van der Waals surface area contributed by atoms with Crippen LogP contribution in [0.2, 0.25) is 5.02 Å². The molecule has 1 aromatic heterocycles. The molecule has 0 bridgehead atoms. The Hall–Kier alpha value is -1.77. The van der Waals surface area contributed by atoms with Gasteiger partial charge in [-0.25, -0.2) is 8.42 Å². The molecule has 0 saturated heterocycles. The monoisotopic (exact) mass is 414 g/mol. The predicted octanol–water partition coefficient (Wildman–Crippen LogP) is 3.51. The van der Waals surface area contributed by atoms with Gasteiger partial charge in [-0.2, -0.15) is 0 Å². The molecule has 26 heavy (non-hydrogen) atoms. The number of thiophene rings is 1. The lowest BCUT2D eigenvalue weighted by atomic mass is 10.1. The molecule has 1 N–H and O–H groups in total. The Labute approximate surface area is 161 Å². The first-order chi connectivity index (χ1) is 12.3. The number of fused-ring (bicyclic) bond motifs is 1. The fourth-order valence-electron chi connectivity index (χ4n) is 2.83. The van der Waals surface area contributed by atoms with Gasteiger partial charge in [0, 0.05) is 29.4 Å². The van der Waals surface area contributed by atoms with Crippen LogP contribution < -0.4 is 9.46 Å². The lowest BCUT2D eigenvalue weighted by Gasteiger charge is -2.26. The number of amides is 1. The highest BCUT2D eigenvalue weighted by molar-refractivity contribution is 7.94. The van der Waals surface area contributed by atoms with Crippen LogP contribution in [0.15, 0.2) is 28.5 Å². The van der Waals surface area contributed by atoms with E-state index in [-0.39, 0.29) is 15.8 Å². The van der Waals surface area contributed by atoms with Crippen molar-refractivity contribution in [3.63, 3.8) is 0 Å². The van der Waals surface area contributed by atoms with Crippen molar-refractivity contribution in [3.8, 4) is 5.75 Å². The van der Waals surface area contributed by atoms with Crippen LogP contribution in [0, 0.1) is 0 Å². The number of nitrogens with zero attached hydrogens (tertiary/aromatic N) is 1. The molecule has 0 aliphatic carbocycles. The summed E-state index contributed by atoms with van der Waals surface area (Å²) in [4.78, 5) is 14.7. The van der Waals surface area contributed by atoms with Crippen LogP contribution in [0.4, 0.5) is 5.69 Å². The number of halogens is 1. The van der Waals surface area contributed by atoms with E-state index in [2.05, 4.69) is 4.72 Å². The molecule has 9 heteroatoms. The second-order valence-corrected chi connectivity index (χ2v) is 9.37. The summed E-state index contributed by atoms with van der Waals surface area (Å²) in [6, 6.07) is 6.39. The van der Waals surface area contributed by atoms with E-state index < -0.39 is 10.0 Å². The maximum Gasteiger partial charge on any atom is 0.271 e. The normalized spacial score (nSPS) is 14.0. The van der Waals surface area contributed by atoms with Gasteiger partial charge in [-0.1, -0.05) is 18.5 Å². The predicted molar refractivity (Wildman–Crippen MR) is 103 cm³/mol. The summed E-state index contributed by atoms with van der Waals surface area (Å²) in [6.07, 6.45) is 1.11. The van der Waals surface area contributed by atoms with Crippen molar-refractivity contribution in [2.45, 2.75) is 30.5 Å². The molecule has 1 aliphatic heterocycles. The highest BCUT2D eigenvalue weighted by Crippen LogP contribution is 2.34. The molecule has 1 amide bonds. The third-order valence-corrected chi connectivity index (χ3v) is 7.48. The largest absolute Gasteiger partial charge is 0.495 e. The Morgan fingerprint density at radius 3 is 2.85 bits per heavy atom. The summed E-state index contributed by atoms with van der Waals surface area (Å²) >= 11 is 7.20. The highest BCUT2D eigenvalue weighted by atomic mass is 35.5. The fraction of sp³-hybridized carbons (Fsp3) is 0.353. The third kappa shape index (κ3) is 3.82. The van der Waals surface area contributed by atoms with Gasteiger partial charge in [0.2, 0.25) is 5.91 Å². The van der Waals surface area contributed by atoms with Gasteiger partial charge < -0.3 is 9.64 Å². The first-order valence-electron chi connectivity index (χ1n) is 8.09. The van der Waals surface area contributed by atoms with E-state index in [9.17, 15) is 13.2 Å². The molecule has 0 atom stereocenters. The number of methoxy groups -OCH3 is 1. The van der Waals surface area contributed by atoms with Crippen molar-refractivity contribution in [3.05, 3.63) is 39.7 Å². The number of nitrogens with one attached hydrogen (secondary N) is 1. The molecule has 0 saturated carbocycles. The Bertz CT molecular complexity index is 940. The average molecular weight is 415 g/mol. The lowest BCUT2D eigenvalue weighted by Crippen LogP contribution is -2.34. The van der Waals surface area contributed by atoms with E-state index in [0.29, 0.717) is 36.7 Å². The van der Waals surface area contributed by atoms with E-state index in [1.54, 1.807) is 23.1 Å². The molecule has 0 fully saturated rings. The van der Waals surface area contributed by atoms with Gasteiger partial charge in [0.05, 0.1) is 12.8 Å². The Morgan fingerprint density at radius 2 is 2.15 bits per heavy atom. The number of anilines is 1.